The highest BCUT2D eigenvalue weighted by Gasteiger charge is 2.48. The van der Waals surface area contributed by atoms with E-state index in [1.165, 1.54) is 28.9 Å². The van der Waals surface area contributed by atoms with Crippen molar-refractivity contribution in [3.05, 3.63) is 70.0 Å². The first-order chi connectivity index (χ1) is 28.0. The number of rotatable bonds is 7. The van der Waals surface area contributed by atoms with Crippen molar-refractivity contribution in [1.82, 2.24) is 30.7 Å². The summed E-state index contributed by atoms with van der Waals surface area (Å²) in [6, 6.07) is -2.28. The van der Waals surface area contributed by atoms with Crippen LogP contribution in [-0.4, -0.2) is 143 Å². The number of hydrogen-bond acceptors (Lipinski definition) is 10. The standard InChI is InChI=1S/C39H44ClF3N6O10/c1-19-7-31-39(57)59-17-29(46-34(52)28(10-21-8-24(41)13-25(42)9-21)45-33(51)11-22-3-4-23(40)12-27(22)43)37(55)49-16-26(50)14-30(49)38(56)47-5-6-58-18-32(47)35(53)44-20(2)36(54)48(31)15-19/h3-4,8-9,12-13,19-20,26,28-32,50H,5-7,10-11,14-18H2,1-2H3,(H,44,53)(H,45,51)(H,46,52)/t19-,20+,26-,28+,29+,30+,31+,32+/m1/s1. The molecule has 4 aliphatic rings. The second-order valence-corrected chi connectivity index (χ2v) is 15.7. The zero-order chi connectivity index (χ0) is 42.7. The van der Waals surface area contributed by atoms with Crippen molar-refractivity contribution < 1.29 is 61.3 Å². The smallest absolute Gasteiger partial charge is 0.328 e. The summed E-state index contributed by atoms with van der Waals surface area (Å²) in [5.41, 5.74) is -0.169. The van der Waals surface area contributed by atoms with E-state index < -0.39 is 127 Å². The molecule has 6 amide bonds. The Kier molecular flexibility index (Phi) is 13.5. The largest absolute Gasteiger partial charge is 0.461 e. The number of aliphatic hydroxyl groups excluding tert-OH is 1. The minimum Gasteiger partial charge on any atom is -0.461 e. The number of carbonyl (C=O) groups excluding carboxylic acids is 7. The van der Waals surface area contributed by atoms with E-state index in [4.69, 9.17) is 21.1 Å². The number of aliphatic hydroxyl groups is 1. The van der Waals surface area contributed by atoms with Crippen LogP contribution < -0.4 is 16.0 Å². The van der Waals surface area contributed by atoms with E-state index in [9.17, 15) is 51.8 Å². The summed E-state index contributed by atoms with van der Waals surface area (Å²) in [6.07, 6.45) is -2.44. The zero-order valence-electron chi connectivity index (χ0n) is 32.1. The van der Waals surface area contributed by atoms with Crippen LogP contribution in [0.15, 0.2) is 36.4 Å². The molecule has 4 N–H and O–H groups in total. The van der Waals surface area contributed by atoms with Crippen molar-refractivity contribution >= 4 is 53.0 Å². The van der Waals surface area contributed by atoms with Gasteiger partial charge in [0, 0.05) is 43.6 Å². The molecule has 16 nitrogen and oxygen atoms in total. The average molecular weight is 849 g/mol. The topological polar surface area (TPSA) is 204 Å². The Morgan fingerprint density at radius 2 is 1.61 bits per heavy atom. The molecule has 4 heterocycles. The van der Waals surface area contributed by atoms with Gasteiger partial charge in [-0.05, 0) is 54.7 Å². The number of cyclic esters (lactones) is 1. The van der Waals surface area contributed by atoms with Gasteiger partial charge in [0.05, 0.1) is 25.7 Å². The van der Waals surface area contributed by atoms with Crippen LogP contribution in [-0.2, 0) is 55.9 Å². The van der Waals surface area contributed by atoms with Crippen LogP contribution in [0, 0.1) is 23.4 Å². The third-order valence-electron chi connectivity index (χ3n) is 10.7. The van der Waals surface area contributed by atoms with Crippen molar-refractivity contribution in [2.75, 3.05) is 39.5 Å². The molecule has 4 saturated heterocycles. The molecule has 4 aliphatic heterocycles. The Morgan fingerprint density at radius 3 is 2.32 bits per heavy atom. The molecule has 0 aromatic heterocycles. The second kappa shape index (κ2) is 18.3. The predicted molar refractivity (Wildman–Crippen MR) is 199 cm³/mol. The molecule has 2 aromatic carbocycles. The Hall–Kier alpha value is -5.27. The Labute approximate surface area is 341 Å². The summed E-state index contributed by atoms with van der Waals surface area (Å²) >= 11 is 5.84. The molecule has 0 bridgehead atoms. The van der Waals surface area contributed by atoms with Gasteiger partial charge in [-0.15, -0.1) is 0 Å². The monoisotopic (exact) mass is 848 g/mol. The van der Waals surface area contributed by atoms with Gasteiger partial charge in [-0.1, -0.05) is 24.6 Å². The lowest BCUT2D eigenvalue weighted by molar-refractivity contribution is -0.160. The van der Waals surface area contributed by atoms with Gasteiger partial charge in [0.15, 0.2) is 0 Å². The van der Waals surface area contributed by atoms with E-state index in [2.05, 4.69) is 16.0 Å². The normalized spacial score (nSPS) is 27.3. The molecule has 59 heavy (non-hydrogen) atoms. The number of halogens is 4. The fourth-order valence-corrected chi connectivity index (χ4v) is 8.03. The van der Waals surface area contributed by atoms with Gasteiger partial charge in [0.1, 0.15) is 60.3 Å². The SMILES string of the molecule is C[C@@H]1C[C@H]2C(=O)OC[C@H](NC(=O)[C@H](Cc3cc(F)cc(F)c3)NC(=O)Cc3ccc(Cl)cc3F)C(=O)N3C[C@H](O)C[C@H]3C(=O)N3CCOC[C@H]3C(=O)N[C@@H](C)C(=O)N2C1. The average Bonchev–Trinajstić information content (AvgIpc) is 3.77. The molecule has 0 aliphatic carbocycles. The number of carbonyl (C=O) groups is 7. The third kappa shape index (κ3) is 10.1. The van der Waals surface area contributed by atoms with Crippen molar-refractivity contribution in [3.63, 3.8) is 0 Å². The highest BCUT2D eigenvalue weighted by Crippen LogP contribution is 2.27. The number of morpholine rings is 1. The lowest BCUT2D eigenvalue weighted by atomic mass is 10.0. The van der Waals surface area contributed by atoms with Crippen LogP contribution >= 0.6 is 11.6 Å². The summed E-state index contributed by atoms with van der Waals surface area (Å²) in [6.45, 7) is 1.86. The van der Waals surface area contributed by atoms with E-state index in [-0.39, 0.29) is 61.2 Å². The number of nitrogens with one attached hydrogen (secondary N) is 3. The summed E-state index contributed by atoms with van der Waals surface area (Å²) in [7, 11) is 0. The summed E-state index contributed by atoms with van der Waals surface area (Å²) in [5, 5.41) is 18.3. The van der Waals surface area contributed by atoms with Gasteiger partial charge < -0.3 is 45.2 Å². The maximum Gasteiger partial charge on any atom is 0.328 e. The third-order valence-corrected chi connectivity index (χ3v) is 11.0. The Bertz CT molecular complexity index is 1990. The number of hydrogen-bond donors (Lipinski definition) is 4. The van der Waals surface area contributed by atoms with Crippen LogP contribution in [0.4, 0.5) is 13.2 Å². The molecule has 0 spiro atoms. The lowest BCUT2D eigenvalue weighted by Crippen LogP contribution is -2.63. The quantitative estimate of drug-likeness (QED) is 0.275. The molecule has 0 unspecified atom stereocenters. The number of benzene rings is 2. The van der Waals surface area contributed by atoms with Gasteiger partial charge in [0.25, 0.3) is 0 Å². The zero-order valence-corrected chi connectivity index (χ0v) is 32.9. The molecule has 20 heteroatoms. The molecule has 0 saturated carbocycles. The molecular weight excluding hydrogens is 805 g/mol. The van der Waals surface area contributed by atoms with Crippen molar-refractivity contribution in [1.29, 1.82) is 0 Å². The van der Waals surface area contributed by atoms with E-state index in [0.717, 1.165) is 23.1 Å². The van der Waals surface area contributed by atoms with Crippen molar-refractivity contribution in [2.24, 2.45) is 5.92 Å². The van der Waals surface area contributed by atoms with Gasteiger partial charge in [-0.3, -0.25) is 28.8 Å². The van der Waals surface area contributed by atoms with Crippen molar-refractivity contribution in [2.45, 2.75) is 81.9 Å². The number of amides is 6. The molecule has 318 valence electrons. The van der Waals surface area contributed by atoms with E-state index in [1.54, 1.807) is 6.92 Å². The summed E-state index contributed by atoms with van der Waals surface area (Å²) < 4.78 is 54.3. The summed E-state index contributed by atoms with van der Waals surface area (Å²) in [5.74, 6) is -8.95. The fraction of sp³-hybridized carbons (Fsp3) is 0.513. The summed E-state index contributed by atoms with van der Waals surface area (Å²) in [4.78, 5) is 100. The second-order valence-electron chi connectivity index (χ2n) is 15.3. The minimum atomic E-state index is -1.79. The van der Waals surface area contributed by atoms with Crippen LogP contribution in [0.2, 0.25) is 5.02 Å². The van der Waals surface area contributed by atoms with E-state index in [1.807, 2.05) is 0 Å². The van der Waals surface area contributed by atoms with Crippen LogP contribution in [0.3, 0.4) is 0 Å². The molecule has 4 fully saturated rings. The van der Waals surface area contributed by atoms with Crippen LogP contribution in [0.5, 0.6) is 0 Å². The Morgan fingerprint density at radius 1 is 0.898 bits per heavy atom. The van der Waals surface area contributed by atoms with Gasteiger partial charge >= 0.3 is 5.97 Å². The van der Waals surface area contributed by atoms with E-state index in [0.29, 0.717) is 6.07 Å². The number of nitrogens with zero attached hydrogens (tertiary/aromatic N) is 3. The first kappa shape index (κ1) is 43.3. The molecule has 0 radical (unpaired) electrons. The molecule has 6 rings (SSSR count). The molecular formula is C39H44ClF3N6O10. The highest BCUT2D eigenvalue weighted by atomic mass is 35.5. The van der Waals surface area contributed by atoms with Crippen molar-refractivity contribution in [3.8, 4) is 0 Å². The minimum absolute atomic E-state index is 0.0438. The number of fused-ring (bicyclic) bond motifs is 3. The van der Waals surface area contributed by atoms with E-state index >= 15 is 0 Å². The lowest BCUT2D eigenvalue weighted by Gasteiger charge is -2.39. The van der Waals surface area contributed by atoms with Gasteiger partial charge in [0.2, 0.25) is 35.4 Å². The number of ether oxygens (including phenoxy) is 2. The first-order valence-electron chi connectivity index (χ1n) is 19.1. The van der Waals surface area contributed by atoms with Crippen LogP contribution in [0.25, 0.3) is 0 Å². The highest BCUT2D eigenvalue weighted by molar-refractivity contribution is 6.30. The molecule has 8 atom stereocenters. The number of esters is 1. The van der Waals surface area contributed by atoms with Gasteiger partial charge in [-0.25, -0.2) is 18.0 Å². The maximum absolute atomic E-state index is 14.6. The first-order valence-corrected chi connectivity index (χ1v) is 19.5. The molecule has 2 aromatic rings. The fourth-order valence-electron chi connectivity index (χ4n) is 7.87. The maximum atomic E-state index is 14.6. The predicted octanol–water partition coefficient (Wildman–Crippen LogP) is -0.000200. The Balaban J connectivity index is 1.33. The van der Waals surface area contributed by atoms with Gasteiger partial charge in [-0.2, -0.15) is 0 Å². The van der Waals surface area contributed by atoms with Crippen LogP contribution in [0.1, 0.15) is 37.8 Å².